The Morgan fingerprint density at radius 3 is 2.65 bits per heavy atom. The Hall–Kier alpha value is -0.970. The van der Waals surface area contributed by atoms with Gasteiger partial charge in [0.1, 0.15) is 0 Å². The molecular weight excluding hydrogens is 282 g/mol. The number of aryl methyl sites for hydroxylation is 2. The third-order valence-electron chi connectivity index (χ3n) is 2.36. The fourth-order valence-corrected chi connectivity index (χ4v) is 1.52. The highest BCUT2D eigenvalue weighted by Crippen LogP contribution is 2.11. The average molecular weight is 300 g/mol. The maximum absolute atomic E-state index is 12.2. The van der Waals surface area contributed by atoms with Gasteiger partial charge in [-0.2, -0.15) is 10.2 Å². The van der Waals surface area contributed by atoms with E-state index < -0.39 is 0 Å². The first-order chi connectivity index (χ1) is 7.89. The molecule has 1 amide bonds. The van der Waals surface area contributed by atoms with Gasteiger partial charge in [-0.05, 0) is 33.3 Å². The predicted octanol–water partition coefficient (Wildman–Crippen LogP) is 2.25. The molecule has 0 bridgehead atoms. The van der Waals surface area contributed by atoms with Crippen molar-refractivity contribution in [1.29, 1.82) is 0 Å². The molecule has 0 atom stereocenters. The smallest absolute Gasteiger partial charge is 0.253 e. The zero-order valence-electron chi connectivity index (χ0n) is 10.7. The normalized spacial score (nSPS) is 11.4. The lowest BCUT2D eigenvalue weighted by molar-refractivity contribution is 0.0919. The molecule has 1 N–H and O–H groups in total. The summed E-state index contributed by atoms with van der Waals surface area (Å²) in [5.74, 6) is -0.0932. The van der Waals surface area contributed by atoms with E-state index in [0.717, 1.165) is 11.4 Å². The quantitative estimate of drug-likeness (QED) is 0.868. The summed E-state index contributed by atoms with van der Waals surface area (Å²) in [7, 11) is 0. The van der Waals surface area contributed by atoms with E-state index in [4.69, 9.17) is 0 Å². The Kier molecular flexibility index (Phi) is 4.62. The second-order valence-corrected chi connectivity index (χ2v) is 5.23. The molecule has 0 aromatic carbocycles. The molecule has 0 fully saturated rings. The minimum Gasteiger partial charge on any atom is -0.346 e. The van der Waals surface area contributed by atoms with Crippen molar-refractivity contribution < 1.29 is 4.79 Å². The summed E-state index contributed by atoms with van der Waals surface area (Å²) in [5.41, 5.74) is 1.83. The Bertz CT molecular complexity index is 418. The maximum Gasteiger partial charge on any atom is 0.253 e. The van der Waals surface area contributed by atoms with Crippen LogP contribution in [0, 0.1) is 6.92 Å². The molecule has 4 nitrogen and oxygen atoms in total. The molecule has 0 saturated carbocycles. The largest absolute Gasteiger partial charge is 0.346 e. The molecule has 1 aromatic rings. The second kappa shape index (κ2) is 5.58. The molecule has 0 aliphatic rings. The third kappa shape index (κ3) is 3.77. The van der Waals surface area contributed by atoms with Gasteiger partial charge in [-0.25, -0.2) is 0 Å². The lowest BCUT2D eigenvalue weighted by Gasteiger charge is -2.24. The molecule has 1 heterocycles. The van der Waals surface area contributed by atoms with Gasteiger partial charge in [0, 0.05) is 10.9 Å². The predicted molar refractivity (Wildman–Crippen MR) is 71.5 cm³/mol. The number of hydrogen-bond acceptors (Lipinski definition) is 3. The Morgan fingerprint density at radius 1 is 1.47 bits per heavy atom. The first-order valence-electron chi connectivity index (χ1n) is 5.61. The Morgan fingerprint density at radius 2 is 2.12 bits per heavy atom. The molecule has 94 valence electrons. The molecule has 0 aliphatic heterocycles. The molecule has 1 rings (SSSR count). The van der Waals surface area contributed by atoms with Gasteiger partial charge in [0.2, 0.25) is 0 Å². The van der Waals surface area contributed by atoms with Crippen molar-refractivity contribution in [1.82, 2.24) is 15.5 Å². The van der Waals surface area contributed by atoms with Gasteiger partial charge < -0.3 is 5.32 Å². The van der Waals surface area contributed by atoms with Crippen LogP contribution in [-0.4, -0.2) is 27.0 Å². The van der Waals surface area contributed by atoms with Crippen molar-refractivity contribution in [3.8, 4) is 0 Å². The first-order valence-corrected chi connectivity index (χ1v) is 6.73. The van der Waals surface area contributed by atoms with E-state index in [-0.39, 0.29) is 11.4 Å². The summed E-state index contributed by atoms with van der Waals surface area (Å²) in [6, 6.07) is 1.78. The van der Waals surface area contributed by atoms with Crippen LogP contribution in [0.4, 0.5) is 0 Å². The van der Waals surface area contributed by atoms with Crippen molar-refractivity contribution in [3.63, 3.8) is 0 Å². The number of amides is 1. The minimum atomic E-state index is -0.279. The van der Waals surface area contributed by atoms with Gasteiger partial charge in [-0.3, -0.25) is 4.79 Å². The summed E-state index contributed by atoms with van der Waals surface area (Å²) in [6.07, 6.45) is 0.699. The zero-order valence-corrected chi connectivity index (χ0v) is 12.3. The highest BCUT2D eigenvalue weighted by atomic mass is 79.9. The van der Waals surface area contributed by atoms with Crippen LogP contribution in [-0.2, 0) is 6.42 Å². The van der Waals surface area contributed by atoms with Gasteiger partial charge >= 0.3 is 0 Å². The van der Waals surface area contributed by atoms with E-state index in [1.807, 2.05) is 27.7 Å². The maximum atomic E-state index is 12.2. The molecule has 1 aromatic heterocycles. The Labute approximate surface area is 110 Å². The van der Waals surface area contributed by atoms with Gasteiger partial charge in [-0.15, -0.1) is 0 Å². The lowest BCUT2D eigenvalue weighted by atomic mass is 10.1. The zero-order chi connectivity index (χ0) is 13.1. The number of nitrogens with zero attached hydrogens (tertiary/aromatic N) is 2. The van der Waals surface area contributed by atoms with E-state index in [2.05, 4.69) is 31.4 Å². The fraction of sp³-hybridized carbons (Fsp3) is 0.583. The highest BCUT2D eigenvalue weighted by Gasteiger charge is 2.21. The van der Waals surface area contributed by atoms with Gasteiger partial charge in [0.15, 0.2) is 0 Å². The van der Waals surface area contributed by atoms with Crippen molar-refractivity contribution >= 4 is 21.8 Å². The number of carbonyl (C=O) groups excluding carboxylic acids is 1. The monoisotopic (exact) mass is 299 g/mol. The second-order valence-electron chi connectivity index (χ2n) is 4.67. The van der Waals surface area contributed by atoms with Crippen molar-refractivity contribution in [2.24, 2.45) is 0 Å². The molecular formula is C12H18BrN3O. The molecule has 0 unspecified atom stereocenters. The van der Waals surface area contributed by atoms with Crippen molar-refractivity contribution in [3.05, 3.63) is 23.0 Å². The van der Waals surface area contributed by atoms with Crippen LogP contribution in [0.15, 0.2) is 6.07 Å². The average Bonchev–Trinajstić information content (AvgIpc) is 2.28. The Balaban J connectivity index is 2.99. The van der Waals surface area contributed by atoms with Crippen LogP contribution in [0.1, 0.15) is 42.5 Å². The number of hydrogen-bond donors (Lipinski definition) is 1. The van der Waals surface area contributed by atoms with Crippen molar-refractivity contribution in [2.45, 2.75) is 39.7 Å². The summed E-state index contributed by atoms with van der Waals surface area (Å²) >= 11 is 3.38. The van der Waals surface area contributed by atoms with Crippen LogP contribution < -0.4 is 5.32 Å². The third-order valence-corrected chi connectivity index (χ3v) is 3.76. The van der Waals surface area contributed by atoms with E-state index in [1.165, 1.54) is 0 Å². The van der Waals surface area contributed by atoms with E-state index in [9.17, 15) is 4.79 Å². The highest BCUT2D eigenvalue weighted by molar-refractivity contribution is 9.09. The number of nitrogens with one attached hydrogen (secondary N) is 1. The van der Waals surface area contributed by atoms with Crippen molar-refractivity contribution in [2.75, 3.05) is 5.33 Å². The number of halogens is 1. The number of carbonyl (C=O) groups is 1. The van der Waals surface area contributed by atoms with Crippen LogP contribution in [0.3, 0.4) is 0 Å². The topological polar surface area (TPSA) is 54.9 Å². The molecule has 0 radical (unpaired) electrons. The summed E-state index contributed by atoms with van der Waals surface area (Å²) in [4.78, 5) is 12.2. The molecule has 0 spiro atoms. The van der Waals surface area contributed by atoms with Gasteiger partial charge in [0.25, 0.3) is 5.91 Å². The number of alkyl halides is 1. The number of rotatable bonds is 4. The summed E-state index contributed by atoms with van der Waals surface area (Å²) in [6.45, 7) is 7.73. The van der Waals surface area contributed by atoms with Crippen LogP contribution >= 0.6 is 15.9 Å². The fourth-order valence-electron chi connectivity index (χ4n) is 1.38. The van der Waals surface area contributed by atoms with E-state index in [1.54, 1.807) is 6.07 Å². The van der Waals surface area contributed by atoms with Crippen LogP contribution in [0.2, 0.25) is 0 Å². The lowest BCUT2D eigenvalue weighted by Crippen LogP contribution is -2.45. The van der Waals surface area contributed by atoms with Gasteiger partial charge in [-0.1, -0.05) is 22.9 Å². The molecule has 5 heteroatoms. The summed E-state index contributed by atoms with van der Waals surface area (Å²) in [5, 5.41) is 11.7. The van der Waals surface area contributed by atoms with Crippen LogP contribution in [0.5, 0.6) is 0 Å². The molecule has 0 saturated heterocycles. The van der Waals surface area contributed by atoms with Crippen LogP contribution in [0.25, 0.3) is 0 Å². The molecule has 17 heavy (non-hydrogen) atoms. The standard InChI is InChI=1S/C12H18BrN3O/c1-5-10-9(6-8(2)15-16-10)11(17)14-12(3,4)7-13/h6H,5,7H2,1-4H3,(H,14,17). The SMILES string of the molecule is CCc1nnc(C)cc1C(=O)NC(C)(C)CBr. The first kappa shape index (κ1) is 14.1. The summed E-state index contributed by atoms with van der Waals surface area (Å²) < 4.78 is 0. The number of aromatic nitrogens is 2. The molecule has 0 aliphatic carbocycles. The minimum absolute atomic E-state index is 0.0932. The van der Waals surface area contributed by atoms with Gasteiger partial charge in [0.05, 0.1) is 17.0 Å². The van der Waals surface area contributed by atoms with E-state index >= 15 is 0 Å². The van der Waals surface area contributed by atoms with E-state index in [0.29, 0.717) is 17.3 Å².